The molecule has 20 heavy (non-hydrogen) atoms. The summed E-state index contributed by atoms with van der Waals surface area (Å²) in [4.78, 5) is 15.8. The van der Waals surface area contributed by atoms with Crippen LogP contribution in [0.2, 0.25) is 5.02 Å². The lowest BCUT2D eigenvalue weighted by molar-refractivity contribution is 0.0915. The highest BCUT2D eigenvalue weighted by Crippen LogP contribution is 2.20. The van der Waals surface area contributed by atoms with E-state index in [4.69, 9.17) is 11.6 Å². The lowest BCUT2D eigenvalue weighted by Gasteiger charge is -2.17. The van der Waals surface area contributed by atoms with Crippen molar-refractivity contribution in [2.45, 2.75) is 6.04 Å². The van der Waals surface area contributed by atoms with E-state index in [9.17, 15) is 14.3 Å². The van der Waals surface area contributed by atoms with E-state index < -0.39 is 17.8 Å². The Labute approximate surface area is 120 Å². The third kappa shape index (κ3) is 3.31. The zero-order valence-electron chi connectivity index (χ0n) is 10.4. The fourth-order valence-electron chi connectivity index (χ4n) is 1.70. The summed E-state index contributed by atoms with van der Waals surface area (Å²) in [5.74, 6) is -0.995. The van der Waals surface area contributed by atoms with Crippen molar-refractivity contribution >= 4 is 17.5 Å². The van der Waals surface area contributed by atoms with E-state index in [0.29, 0.717) is 11.1 Å². The summed E-state index contributed by atoms with van der Waals surface area (Å²) in [7, 11) is 0. The molecule has 2 aromatic rings. The van der Waals surface area contributed by atoms with Gasteiger partial charge in [0.15, 0.2) is 0 Å². The van der Waals surface area contributed by atoms with Gasteiger partial charge in [0.25, 0.3) is 5.91 Å². The zero-order valence-corrected chi connectivity index (χ0v) is 11.1. The smallest absolute Gasteiger partial charge is 0.253 e. The van der Waals surface area contributed by atoms with Crippen molar-refractivity contribution in [1.82, 2.24) is 10.3 Å². The van der Waals surface area contributed by atoms with Crippen molar-refractivity contribution in [2.24, 2.45) is 0 Å². The molecule has 1 heterocycles. The van der Waals surface area contributed by atoms with Gasteiger partial charge in [0.1, 0.15) is 5.82 Å². The molecule has 0 saturated carbocycles. The monoisotopic (exact) mass is 294 g/mol. The van der Waals surface area contributed by atoms with E-state index in [1.165, 1.54) is 18.3 Å². The Hall–Kier alpha value is -1.98. The molecule has 0 radical (unpaired) electrons. The van der Waals surface area contributed by atoms with Crippen LogP contribution in [0.4, 0.5) is 4.39 Å². The van der Waals surface area contributed by atoms with Gasteiger partial charge < -0.3 is 10.4 Å². The highest BCUT2D eigenvalue weighted by molar-refractivity contribution is 6.30. The largest absolute Gasteiger partial charge is 0.394 e. The summed E-state index contributed by atoms with van der Waals surface area (Å²) in [5.41, 5.74) is 0.798. The maximum absolute atomic E-state index is 13.4. The molecule has 0 spiro atoms. The van der Waals surface area contributed by atoms with Gasteiger partial charge in [0, 0.05) is 12.4 Å². The first kappa shape index (κ1) is 14.4. The van der Waals surface area contributed by atoms with Crippen LogP contribution >= 0.6 is 11.6 Å². The number of pyridine rings is 1. The number of aliphatic hydroxyl groups is 1. The van der Waals surface area contributed by atoms with E-state index in [0.717, 1.165) is 0 Å². The van der Waals surface area contributed by atoms with Gasteiger partial charge in [-0.05, 0) is 29.8 Å². The van der Waals surface area contributed by atoms with Gasteiger partial charge in [-0.1, -0.05) is 17.7 Å². The number of hydrogen-bond acceptors (Lipinski definition) is 3. The number of aliphatic hydroxyl groups excluding tert-OH is 1. The summed E-state index contributed by atoms with van der Waals surface area (Å²) in [6, 6.07) is 6.63. The third-order valence-corrected chi connectivity index (χ3v) is 3.06. The van der Waals surface area contributed by atoms with Crippen molar-refractivity contribution in [3.63, 3.8) is 0 Å². The second kappa shape index (κ2) is 6.45. The van der Waals surface area contributed by atoms with Crippen LogP contribution in [-0.4, -0.2) is 22.6 Å². The van der Waals surface area contributed by atoms with Crippen molar-refractivity contribution in [3.05, 3.63) is 64.7 Å². The number of halogens is 2. The van der Waals surface area contributed by atoms with Crippen molar-refractivity contribution in [2.75, 3.05) is 6.61 Å². The maximum atomic E-state index is 13.4. The molecule has 1 atom stereocenters. The Morgan fingerprint density at radius 1 is 1.45 bits per heavy atom. The van der Waals surface area contributed by atoms with Crippen LogP contribution in [0.1, 0.15) is 22.0 Å². The number of nitrogens with one attached hydrogen (secondary N) is 1. The fourth-order valence-corrected chi connectivity index (χ4v) is 1.82. The Balaban J connectivity index is 2.16. The van der Waals surface area contributed by atoms with E-state index in [2.05, 4.69) is 10.3 Å². The van der Waals surface area contributed by atoms with Crippen LogP contribution in [0.3, 0.4) is 0 Å². The molecule has 0 aliphatic carbocycles. The first-order chi connectivity index (χ1) is 9.61. The molecular formula is C14H12ClFN2O2. The zero-order chi connectivity index (χ0) is 14.5. The molecule has 1 aromatic heterocycles. The van der Waals surface area contributed by atoms with Crippen LogP contribution in [0.5, 0.6) is 0 Å². The molecule has 0 saturated heterocycles. The van der Waals surface area contributed by atoms with Crippen LogP contribution in [-0.2, 0) is 0 Å². The Morgan fingerprint density at radius 2 is 2.25 bits per heavy atom. The van der Waals surface area contributed by atoms with Crippen LogP contribution in [0.15, 0.2) is 42.7 Å². The predicted molar refractivity (Wildman–Crippen MR) is 72.9 cm³/mol. The molecule has 0 fully saturated rings. The Bertz CT molecular complexity index is 607. The lowest BCUT2D eigenvalue weighted by Crippen LogP contribution is -2.30. The summed E-state index contributed by atoms with van der Waals surface area (Å²) in [6.07, 6.45) is 2.96. The SMILES string of the molecule is O=C(NC(CO)c1ccc(Cl)c(F)c1)c1cccnc1. The van der Waals surface area contributed by atoms with Gasteiger partial charge in [-0.15, -0.1) is 0 Å². The number of rotatable bonds is 4. The summed E-state index contributed by atoms with van der Waals surface area (Å²) < 4.78 is 13.4. The van der Waals surface area contributed by atoms with Gasteiger partial charge in [-0.2, -0.15) is 0 Å². The van der Waals surface area contributed by atoms with E-state index in [1.54, 1.807) is 24.4 Å². The molecule has 6 heteroatoms. The molecule has 1 aromatic carbocycles. The molecule has 1 amide bonds. The predicted octanol–water partition coefficient (Wildman–Crippen LogP) is 2.34. The Morgan fingerprint density at radius 3 is 2.85 bits per heavy atom. The normalized spacial score (nSPS) is 11.9. The molecule has 2 N–H and O–H groups in total. The number of benzene rings is 1. The van der Waals surface area contributed by atoms with Crippen LogP contribution in [0.25, 0.3) is 0 Å². The number of nitrogens with zero attached hydrogens (tertiary/aromatic N) is 1. The van der Waals surface area contributed by atoms with E-state index in [1.807, 2.05) is 0 Å². The third-order valence-electron chi connectivity index (χ3n) is 2.76. The molecule has 1 unspecified atom stereocenters. The molecule has 0 bridgehead atoms. The highest BCUT2D eigenvalue weighted by atomic mass is 35.5. The first-order valence-corrected chi connectivity index (χ1v) is 6.26. The van der Waals surface area contributed by atoms with Crippen molar-refractivity contribution in [3.8, 4) is 0 Å². The van der Waals surface area contributed by atoms with Crippen molar-refractivity contribution < 1.29 is 14.3 Å². The van der Waals surface area contributed by atoms with E-state index >= 15 is 0 Å². The number of hydrogen-bond donors (Lipinski definition) is 2. The first-order valence-electron chi connectivity index (χ1n) is 5.88. The van der Waals surface area contributed by atoms with E-state index in [-0.39, 0.29) is 11.6 Å². The molecule has 0 aliphatic heterocycles. The molecular weight excluding hydrogens is 283 g/mol. The van der Waals surface area contributed by atoms with Crippen molar-refractivity contribution in [1.29, 1.82) is 0 Å². The van der Waals surface area contributed by atoms with Gasteiger partial charge in [0.05, 0.1) is 23.2 Å². The quantitative estimate of drug-likeness (QED) is 0.910. The van der Waals surface area contributed by atoms with Crippen LogP contribution in [0, 0.1) is 5.82 Å². The number of carbonyl (C=O) groups is 1. The topological polar surface area (TPSA) is 62.2 Å². The molecule has 4 nitrogen and oxygen atoms in total. The molecule has 0 aliphatic rings. The average Bonchev–Trinajstić information content (AvgIpc) is 2.48. The molecule has 104 valence electrons. The van der Waals surface area contributed by atoms with Gasteiger partial charge >= 0.3 is 0 Å². The number of amides is 1. The second-order valence-corrected chi connectivity index (χ2v) is 4.53. The minimum atomic E-state index is -0.713. The van der Waals surface area contributed by atoms with Gasteiger partial charge in [0.2, 0.25) is 0 Å². The Kier molecular flexibility index (Phi) is 4.65. The molecule has 2 rings (SSSR count). The fraction of sp³-hybridized carbons (Fsp3) is 0.143. The number of aromatic nitrogens is 1. The number of carbonyl (C=O) groups excluding carboxylic acids is 1. The second-order valence-electron chi connectivity index (χ2n) is 4.12. The van der Waals surface area contributed by atoms with Crippen LogP contribution < -0.4 is 5.32 Å². The standard InChI is InChI=1S/C14H12ClFN2O2/c15-11-4-3-9(6-12(11)16)13(8-19)18-14(20)10-2-1-5-17-7-10/h1-7,13,19H,8H2,(H,18,20). The summed E-state index contributed by atoms with van der Waals surface area (Å²) in [6.45, 7) is -0.354. The lowest BCUT2D eigenvalue weighted by atomic mass is 10.1. The summed E-state index contributed by atoms with van der Waals surface area (Å²) in [5, 5.41) is 11.9. The maximum Gasteiger partial charge on any atom is 0.253 e. The minimum Gasteiger partial charge on any atom is -0.394 e. The highest BCUT2D eigenvalue weighted by Gasteiger charge is 2.16. The minimum absolute atomic E-state index is 0.0102. The average molecular weight is 295 g/mol. The van der Waals surface area contributed by atoms with Gasteiger partial charge in [-0.25, -0.2) is 4.39 Å². The summed E-state index contributed by atoms with van der Waals surface area (Å²) >= 11 is 5.60. The van der Waals surface area contributed by atoms with Gasteiger partial charge in [-0.3, -0.25) is 9.78 Å².